The van der Waals surface area contributed by atoms with Gasteiger partial charge in [0.15, 0.2) is 0 Å². The van der Waals surface area contributed by atoms with Gasteiger partial charge in [-0.2, -0.15) is 0 Å². The van der Waals surface area contributed by atoms with Crippen molar-refractivity contribution >= 4 is 53.6 Å². The summed E-state index contributed by atoms with van der Waals surface area (Å²) in [7, 11) is 0. The summed E-state index contributed by atoms with van der Waals surface area (Å²) in [6, 6.07) is 57.2. The van der Waals surface area contributed by atoms with Gasteiger partial charge in [0.25, 0.3) is 0 Å². The molecule has 1 aliphatic carbocycles. The van der Waals surface area contributed by atoms with E-state index >= 15 is 0 Å². The van der Waals surface area contributed by atoms with Crippen LogP contribution in [0.1, 0.15) is 22.6 Å². The number of rotatable bonds is 4. The first-order valence-corrected chi connectivity index (χ1v) is 18.2. The van der Waals surface area contributed by atoms with Crippen LogP contribution < -0.4 is 0 Å². The number of benzene rings is 6. The minimum absolute atomic E-state index is 0.245. The third kappa shape index (κ3) is 4.37. The maximum atomic E-state index is 5.07. The van der Waals surface area contributed by atoms with E-state index in [1.54, 1.807) is 11.3 Å². The second-order valence-electron chi connectivity index (χ2n) is 13.4. The molecule has 0 bridgehead atoms. The summed E-state index contributed by atoms with van der Waals surface area (Å²) in [6.07, 6.45) is 4.04. The van der Waals surface area contributed by atoms with Crippen LogP contribution in [0.3, 0.4) is 0 Å². The molecule has 0 saturated heterocycles. The number of fused-ring (bicyclic) bond motifs is 9. The Kier molecular flexibility index (Phi) is 6.18. The molecule has 0 radical (unpaired) electrons. The molecule has 0 fully saturated rings. The molecular formula is C47H29N3S. The Hall–Kier alpha value is -6.36. The highest BCUT2D eigenvalue weighted by Gasteiger charge is 2.30. The molecule has 3 nitrogen and oxygen atoms in total. The molecule has 51 heavy (non-hydrogen) atoms. The highest BCUT2D eigenvalue weighted by molar-refractivity contribution is 7.25. The Balaban J connectivity index is 0.990. The molecule has 0 aliphatic heterocycles. The molecule has 1 atom stereocenters. The van der Waals surface area contributed by atoms with Crippen molar-refractivity contribution < 1.29 is 0 Å². The summed E-state index contributed by atoms with van der Waals surface area (Å²) in [5.74, 6) is 0.245. The largest absolute Gasteiger partial charge is 0.309 e. The lowest BCUT2D eigenvalue weighted by Gasteiger charge is -2.14. The Morgan fingerprint density at radius 2 is 1.14 bits per heavy atom. The topological polar surface area (TPSA) is 30.7 Å². The molecule has 1 aliphatic rings. The number of hydrogen-bond donors (Lipinski definition) is 0. The van der Waals surface area contributed by atoms with Gasteiger partial charge in [0.2, 0.25) is 0 Å². The minimum Gasteiger partial charge on any atom is -0.309 e. The maximum absolute atomic E-state index is 5.07. The van der Waals surface area contributed by atoms with Crippen molar-refractivity contribution in [3.05, 3.63) is 187 Å². The molecule has 10 aromatic rings. The summed E-state index contributed by atoms with van der Waals surface area (Å²) in [6.45, 7) is 0. The molecule has 0 N–H and O–H groups in total. The monoisotopic (exact) mass is 667 g/mol. The average Bonchev–Trinajstić information content (AvgIpc) is 3.85. The molecule has 0 saturated carbocycles. The van der Waals surface area contributed by atoms with Crippen LogP contribution in [0, 0.1) is 0 Å². The number of nitrogens with zero attached hydrogens (tertiary/aromatic N) is 3. The van der Waals surface area contributed by atoms with Crippen LogP contribution in [-0.4, -0.2) is 14.5 Å². The zero-order valence-electron chi connectivity index (χ0n) is 27.5. The molecule has 238 valence electrons. The van der Waals surface area contributed by atoms with Gasteiger partial charge in [0.1, 0.15) is 4.83 Å². The van der Waals surface area contributed by atoms with Gasteiger partial charge in [-0.25, -0.2) is 4.98 Å². The second kappa shape index (κ2) is 11.1. The summed E-state index contributed by atoms with van der Waals surface area (Å²) in [4.78, 5) is 11.1. The van der Waals surface area contributed by atoms with Crippen LogP contribution in [0.2, 0.25) is 0 Å². The summed E-state index contributed by atoms with van der Waals surface area (Å²) < 4.78 is 3.50. The van der Waals surface area contributed by atoms with Crippen LogP contribution in [0.5, 0.6) is 0 Å². The third-order valence-electron chi connectivity index (χ3n) is 10.6. The highest BCUT2D eigenvalue weighted by Crippen LogP contribution is 2.49. The maximum Gasteiger partial charge on any atom is 0.126 e. The van der Waals surface area contributed by atoms with Gasteiger partial charge in [-0.1, -0.05) is 109 Å². The molecule has 1 unspecified atom stereocenters. The fourth-order valence-electron chi connectivity index (χ4n) is 8.24. The predicted molar refractivity (Wildman–Crippen MR) is 213 cm³/mol. The molecule has 0 spiro atoms. The van der Waals surface area contributed by atoms with Crippen molar-refractivity contribution in [3.63, 3.8) is 0 Å². The summed E-state index contributed by atoms with van der Waals surface area (Å²) >= 11 is 1.71. The smallest absolute Gasteiger partial charge is 0.126 e. The van der Waals surface area contributed by atoms with Gasteiger partial charge in [0.05, 0.1) is 21.3 Å². The normalized spacial score (nSPS) is 13.7. The second-order valence-corrected chi connectivity index (χ2v) is 14.4. The molecule has 6 aromatic carbocycles. The number of aromatic nitrogens is 3. The van der Waals surface area contributed by atoms with E-state index in [0.717, 1.165) is 42.8 Å². The first kappa shape index (κ1) is 28.5. The Morgan fingerprint density at radius 3 is 2.04 bits per heavy atom. The summed E-state index contributed by atoms with van der Waals surface area (Å²) in [5.41, 5.74) is 15.8. The van der Waals surface area contributed by atoms with Crippen LogP contribution in [0.25, 0.3) is 81.3 Å². The molecule has 0 amide bonds. The van der Waals surface area contributed by atoms with E-state index in [1.807, 2.05) is 12.4 Å². The molecule has 4 aromatic heterocycles. The van der Waals surface area contributed by atoms with Gasteiger partial charge < -0.3 is 4.57 Å². The van der Waals surface area contributed by atoms with Crippen molar-refractivity contribution in [3.8, 4) is 39.1 Å². The zero-order valence-corrected chi connectivity index (χ0v) is 28.3. The Bertz CT molecular complexity index is 2970. The van der Waals surface area contributed by atoms with E-state index in [1.165, 1.54) is 55.2 Å². The minimum atomic E-state index is 0.245. The number of thiophene rings is 1. The standard InChI is InChI=1S/C47H29N3S/c1-3-11-29(12-4-1)45-37-17-8-7-15-35(37)39-23-30(19-21-38(39)45)32-25-41-46-44(51-47(41)49-28-32)26-33(27-48-46)31-20-22-43-40(24-31)36-16-9-10-18-42(36)50(43)34-13-5-2-6-14-34/h1-28,45H. The van der Waals surface area contributed by atoms with Gasteiger partial charge in [-0.15, -0.1) is 11.3 Å². The van der Waals surface area contributed by atoms with Crippen molar-refractivity contribution in [1.82, 2.24) is 14.5 Å². The lowest BCUT2D eigenvalue weighted by atomic mass is 9.89. The van der Waals surface area contributed by atoms with E-state index in [4.69, 9.17) is 9.97 Å². The van der Waals surface area contributed by atoms with E-state index in [2.05, 4.69) is 162 Å². The van der Waals surface area contributed by atoms with E-state index in [0.29, 0.717) is 0 Å². The molecule has 11 rings (SSSR count). The average molecular weight is 668 g/mol. The first-order chi connectivity index (χ1) is 25.3. The van der Waals surface area contributed by atoms with Gasteiger partial charge in [-0.3, -0.25) is 4.98 Å². The van der Waals surface area contributed by atoms with E-state index in [-0.39, 0.29) is 5.92 Å². The van der Waals surface area contributed by atoms with Crippen molar-refractivity contribution in [2.45, 2.75) is 5.92 Å². The zero-order chi connectivity index (χ0) is 33.5. The van der Waals surface area contributed by atoms with Crippen LogP contribution in [0.4, 0.5) is 0 Å². The lowest BCUT2D eigenvalue weighted by molar-refractivity contribution is 1.02. The fourth-order valence-corrected chi connectivity index (χ4v) is 9.27. The van der Waals surface area contributed by atoms with Crippen molar-refractivity contribution in [2.75, 3.05) is 0 Å². The highest BCUT2D eigenvalue weighted by atomic mass is 32.1. The van der Waals surface area contributed by atoms with E-state index in [9.17, 15) is 0 Å². The predicted octanol–water partition coefficient (Wildman–Crippen LogP) is 12.4. The number of pyridine rings is 2. The van der Waals surface area contributed by atoms with Crippen LogP contribution >= 0.6 is 11.3 Å². The van der Waals surface area contributed by atoms with Crippen molar-refractivity contribution in [1.29, 1.82) is 0 Å². The molecular weight excluding hydrogens is 639 g/mol. The van der Waals surface area contributed by atoms with Gasteiger partial charge in [0, 0.05) is 51.3 Å². The van der Waals surface area contributed by atoms with Crippen LogP contribution in [0.15, 0.2) is 170 Å². The number of para-hydroxylation sites is 2. The van der Waals surface area contributed by atoms with Crippen molar-refractivity contribution in [2.24, 2.45) is 0 Å². The first-order valence-electron chi connectivity index (χ1n) is 17.3. The number of hydrogen-bond acceptors (Lipinski definition) is 3. The fraction of sp³-hybridized carbons (Fsp3) is 0.0213. The summed E-state index contributed by atoms with van der Waals surface area (Å²) in [5, 5.41) is 3.58. The van der Waals surface area contributed by atoms with E-state index < -0.39 is 0 Å². The SMILES string of the molecule is c1ccc(C2c3ccccc3-c3cc(-c4cnc5sc6cc(-c7ccc8c(c7)c7ccccc7n8-c7ccccc7)cnc6c5c4)ccc32)cc1. The van der Waals surface area contributed by atoms with Crippen LogP contribution in [-0.2, 0) is 0 Å². The Labute approximate surface area is 298 Å². The van der Waals surface area contributed by atoms with Gasteiger partial charge in [-0.05, 0) is 87.5 Å². The molecule has 4 heteroatoms. The molecule has 4 heterocycles. The Morgan fingerprint density at radius 1 is 0.471 bits per heavy atom. The lowest BCUT2D eigenvalue weighted by Crippen LogP contribution is -1.98. The van der Waals surface area contributed by atoms with Gasteiger partial charge >= 0.3 is 0 Å². The quantitative estimate of drug-likeness (QED) is 0.187. The third-order valence-corrected chi connectivity index (χ3v) is 11.6.